The van der Waals surface area contributed by atoms with Gasteiger partial charge in [0.2, 0.25) is 5.16 Å². The van der Waals surface area contributed by atoms with Crippen LogP contribution in [0.15, 0.2) is 22.7 Å². The number of rotatable bonds is 8. The third-order valence-electron chi connectivity index (χ3n) is 2.49. The van der Waals surface area contributed by atoms with Gasteiger partial charge in [0.25, 0.3) is 0 Å². The van der Waals surface area contributed by atoms with Crippen LogP contribution in [-0.2, 0) is 16.0 Å². The van der Waals surface area contributed by atoms with Crippen molar-refractivity contribution in [3.63, 3.8) is 0 Å². The molecule has 7 heteroatoms. The van der Waals surface area contributed by atoms with Gasteiger partial charge >= 0.3 is 5.97 Å². The first-order valence-corrected chi connectivity index (χ1v) is 8.36. The van der Waals surface area contributed by atoms with E-state index in [4.69, 9.17) is 4.74 Å². The quantitative estimate of drug-likeness (QED) is 0.461. The minimum atomic E-state index is -0.138. The van der Waals surface area contributed by atoms with Crippen molar-refractivity contribution >= 4 is 29.1 Å². The molecule has 0 aliphatic rings. The fraction of sp³-hybridized carbons (Fsp3) is 0.462. The number of carbonyl (C=O) groups is 1. The molecule has 0 atom stereocenters. The summed E-state index contributed by atoms with van der Waals surface area (Å²) in [5.41, 5.74) is 0. The maximum atomic E-state index is 11.2. The van der Waals surface area contributed by atoms with E-state index in [1.165, 1.54) is 4.88 Å². The van der Waals surface area contributed by atoms with Crippen molar-refractivity contribution in [2.75, 3.05) is 12.4 Å². The van der Waals surface area contributed by atoms with Gasteiger partial charge in [-0.05, 0) is 24.8 Å². The lowest BCUT2D eigenvalue weighted by Gasteiger charge is -1.99. The molecule has 2 aromatic heterocycles. The summed E-state index contributed by atoms with van der Waals surface area (Å²) in [5.74, 6) is 1.55. The second-order valence-electron chi connectivity index (χ2n) is 4.08. The summed E-state index contributed by atoms with van der Waals surface area (Å²) in [6, 6.07) is 4.11. The van der Waals surface area contributed by atoms with Crippen LogP contribution in [0, 0.1) is 0 Å². The van der Waals surface area contributed by atoms with Crippen LogP contribution in [0.1, 0.15) is 30.5 Å². The van der Waals surface area contributed by atoms with Crippen molar-refractivity contribution in [1.29, 1.82) is 0 Å². The number of thiophene rings is 1. The van der Waals surface area contributed by atoms with Crippen LogP contribution in [-0.4, -0.2) is 33.5 Å². The van der Waals surface area contributed by atoms with Crippen LogP contribution in [0.3, 0.4) is 0 Å². The van der Waals surface area contributed by atoms with Crippen molar-refractivity contribution < 1.29 is 9.53 Å². The molecule has 0 saturated carbocycles. The Balaban J connectivity index is 1.69. The maximum Gasteiger partial charge on any atom is 0.305 e. The Hall–Kier alpha value is -1.34. The van der Waals surface area contributed by atoms with E-state index in [1.54, 1.807) is 23.1 Å². The molecule has 20 heavy (non-hydrogen) atoms. The summed E-state index contributed by atoms with van der Waals surface area (Å²) in [6.07, 6.45) is 2.01. The van der Waals surface area contributed by atoms with E-state index in [9.17, 15) is 4.79 Å². The maximum absolute atomic E-state index is 11.2. The van der Waals surface area contributed by atoms with Gasteiger partial charge in [-0.25, -0.2) is 4.98 Å². The molecular weight excluding hydrogens is 294 g/mol. The number of nitrogens with one attached hydrogen (secondary N) is 1. The predicted octanol–water partition coefficient (Wildman–Crippen LogP) is 2.89. The minimum absolute atomic E-state index is 0.138. The molecule has 1 N–H and O–H groups in total. The molecule has 0 fully saturated rings. The first kappa shape index (κ1) is 15.1. The number of nitrogens with zero attached hydrogens (tertiary/aromatic N) is 2. The van der Waals surface area contributed by atoms with Crippen LogP contribution in [0.4, 0.5) is 0 Å². The second-order valence-corrected chi connectivity index (χ2v) is 6.17. The van der Waals surface area contributed by atoms with Crippen molar-refractivity contribution in [3.8, 4) is 0 Å². The zero-order valence-electron chi connectivity index (χ0n) is 11.3. The molecule has 0 aliphatic heterocycles. The summed E-state index contributed by atoms with van der Waals surface area (Å²) in [4.78, 5) is 16.9. The number of hydrogen-bond acceptors (Lipinski definition) is 6. The van der Waals surface area contributed by atoms with Gasteiger partial charge in [0.15, 0.2) is 0 Å². The van der Waals surface area contributed by atoms with Gasteiger partial charge in [0, 0.05) is 23.5 Å². The molecule has 0 saturated heterocycles. The Morgan fingerprint density at radius 2 is 2.45 bits per heavy atom. The van der Waals surface area contributed by atoms with Gasteiger partial charge in [-0.3, -0.25) is 9.89 Å². The highest BCUT2D eigenvalue weighted by Gasteiger charge is 2.06. The van der Waals surface area contributed by atoms with E-state index in [-0.39, 0.29) is 5.97 Å². The topological polar surface area (TPSA) is 67.9 Å². The van der Waals surface area contributed by atoms with Gasteiger partial charge < -0.3 is 4.74 Å². The van der Waals surface area contributed by atoms with Crippen LogP contribution in [0.5, 0.6) is 0 Å². The lowest BCUT2D eigenvalue weighted by atomic mass is 10.3. The summed E-state index contributed by atoms with van der Waals surface area (Å²) in [5, 5.41) is 9.90. The average Bonchev–Trinajstić information content (AvgIpc) is 3.08. The number of hydrogen-bond donors (Lipinski definition) is 1. The molecule has 0 amide bonds. The lowest BCUT2D eigenvalue weighted by Crippen LogP contribution is -2.03. The van der Waals surface area contributed by atoms with Gasteiger partial charge in [0.1, 0.15) is 5.82 Å². The number of thioether (sulfide) groups is 1. The third-order valence-corrected chi connectivity index (χ3v) is 4.30. The average molecular weight is 311 g/mol. The summed E-state index contributed by atoms with van der Waals surface area (Å²) >= 11 is 3.27. The van der Waals surface area contributed by atoms with Crippen LogP contribution < -0.4 is 0 Å². The fourth-order valence-electron chi connectivity index (χ4n) is 1.61. The van der Waals surface area contributed by atoms with Crippen molar-refractivity contribution in [3.05, 3.63) is 28.2 Å². The van der Waals surface area contributed by atoms with E-state index in [1.807, 2.05) is 13.0 Å². The Kier molecular flexibility index (Phi) is 6.07. The number of aromatic nitrogens is 3. The molecule has 2 heterocycles. The van der Waals surface area contributed by atoms with E-state index >= 15 is 0 Å². The highest BCUT2D eigenvalue weighted by atomic mass is 32.2. The van der Waals surface area contributed by atoms with Gasteiger partial charge in [-0.2, -0.15) is 0 Å². The Bertz CT molecular complexity index is 525. The second kappa shape index (κ2) is 8.06. The zero-order chi connectivity index (χ0) is 14.2. The highest BCUT2D eigenvalue weighted by Crippen LogP contribution is 2.17. The van der Waals surface area contributed by atoms with Crippen molar-refractivity contribution in [2.45, 2.75) is 31.3 Å². The van der Waals surface area contributed by atoms with Crippen molar-refractivity contribution in [2.24, 2.45) is 0 Å². The number of aromatic amines is 1. The van der Waals surface area contributed by atoms with E-state index in [2.05, 4.69) is 26.6 Å². The summed E-state index contributed by atoms with van der Waals surface area (Å²) in [6.45, 7) is 2.26. The summed E-state index contributed by atoms with van der Waals surface area (Å²) in [7, 11) is 0. The summed E-state index contributed by atoms with van der Waals surface area (Å²) < 4.78 is 4.87. The molecule has 108 valence electrons. The van der Waals surface area contributed by atoms with Crippen molar-refractivity contribution in [1.82, 2.24) is 15.2 Å². The fourth-order valence-corrected chi connectivity index (χ4v) is 3.08. The molecule has 0 spiro atoms. The first-order chi connectivity index (χ1) is 9.78. The third kappa shape index (κ3) is 4.97. The standard InChI is InChI=1S/C13H17N3O2S2/c1-2-18-12(17)6-4-8-20-13-14-11(15-16-13)9-10-5-3-7-19-10/h3,5,7H,2,4,6,8-9H2,1H3,(H,14,15,16). The molecule has 0 unspecified atom stereocenters. The highest BCUT2D eigenvalue weighted by molar-refractivity contribution is 7.99. The molecule has 0 aliphatic carbocycles. The SMILES string of the molecule is CCOC(=O)CCCSc1n[nH]c(Cc2cccs2)n1. The monoisotopic (exact) mass is 311 g/mol. The van der Waals surface area contributed by atoms with Gasteiger partial charge in [0.05, 0.1) is 6.61 Å². The molecular formula is C13H17N3O2S2. The van der Waals surface area contributed by atoms with E-state index < -0.39 is 0 Å². The van der Waals surface area contributed by atoms with Crippen LogP contribution in [0.2, 0.25) is 0 Å². The molecule has 0 bridgehead atoms. The molecule has 0 aromatic carbocycles. The zero-order valence-corrected chi connectivity index (χ0v) is 12.9. The van der Waals surface area contributed by atoms with Crippen LogP contribution >= 0.6 is 23.1 Å². The molecule has 5 nitrogen and oxygen atoms in total. The Morgan fingerprint density at radius 1 is 1.55 bits per heavy atom. The predicted molar refractivity (Wildman–Crippen MR) is 80.1 cm³/mol. The van der Waals surface area contributed by atoms with E-state index in [0.717, 1.165) is 29.6 Å². The number of ether oxygens (including phenoxy) is 1. The number of H-pyrrole nitrogens is 1. The normalized spacial score (nSPS) is 10.7. The van der Waals surface area contributed by atoms with Gasteiger partial charge in [-0.15, -0.1) is 16.4 Å². The van der Waals surface area contributed by atoms with Gasteiger partial charge in [-0.1, -0.05) is 17.8 Å². The van der Waals surface area contributed by atoms with Crippen LogP contribution in [0.25, 0.3) is 0 Å². The minimum Gasteiger partial charge on any atom is -0.466 e. The first-order valence-electron chi connectivity index (χ1n) is 6.50. The smallest absolute Gasteiger partial charge is 0.305 e. The molecule has 2 aromatic rings. The molecule has 2 rings (SSSR count). The Labute approximate surface area is 126 Å². The largest absolute Gasteiger partial charge is 0.466 e. The Morgan fingerprint density at radius 3 is 3.20 bits per heavy atom. The number of esters is 1. The lowest BCUT2D eigenvalue weighted by molar-refractivity contribution is -0.143. The molecule has 0 radical (unpaired) electrons. The number of carbonyl (C=O) groups excluding carboxylic acids is 1. The van der Waals surface area contributed by atoms with E-state index in [0.29, 0.717) is 13.0 Å².